The maximum absolute atomic E-state index is 9.69. The summed E-state index contributed by atoms with van der Waals surface area (Å²) >= 11 is 1.68. The van der Waals surface area contributed by atoms with E-state index in [-0.39, 0.29) is 0 Å². The molecule has 0 spiro atoms. The van der Waals surface area contributed by atoms with Crippen molar-refractivity contribution in [2.24, 2.45) is 4.99 Å². The fraction of sp³-hybridized carbons (Fsp3) is 0.231. The van der Waals surface area contributed by atoms with E-state index < -0.39 is 0 Å². The van der Waals surface area contributed by atoms with E-state index in [1.54, 1.807) is 11.3 Å². The van der Waals surface area contributed by atoms with E-state index in [0.717, 1.165) is 52.2 Å². The van der Waals surface area contributed by atoms with Gasteiger partial charge in [0, 0.05) is 33.8 Å². The number of para-hydroxylation sites is 2. The number of nitriles is 1. The first-order chi connectivity index (χ1) is 15.3. The van der Waals surface area contributed by atoms with Crippen molar-refractivity contribution in [3.8, 4) is 11.8 Å². The van der Waals surface area contributed by atoms with Gasteiger partial charge in [0.15, 0.2) is 0 Å². The van der Waals surface area contributed by atoms with Crippen LogP contribution in [0.25, 0.3) is 10.9 Å². The predicted molar refractivity (Wildman–Crippen MR) is 127 cm³/mol. The minimum atomic E-state index is 0.593. The molecular weight excluding hydrogens is 402 g/mol. The van der Waals surface area contributed by atoms with Gasteiger partial charge in [-0.25, -0.2) is 4.99 Å². The second kappa shape index (κ2) is 8.79. The lowest BCUT2D eigenvalue weighted by Crippen LogP contribution is -2.07. The van der Waals surface area contributed by atoms with Crippen LogP contribution in [0.3, 0.4) is 0 Å². The molecule has 0 saturated heterocycles. The Hall–Kier alpha value is -3.36. The molecule has 5 heteroatoms. The van der Waals surface area contributed by atoms with Gasteiger partial charge in [0.2, 0.25) is 0 Å². The molecule has 1 aliphatic rings. The second-order valence-electron chi connectivity index (χ2n) is 7.72. The van der Waals surface area contributed by atoms with Crippen LogP contribution in [0.4, 0.5) is 5.00 Å². The molecule has 0 aliphatic heterocycles. The molecule has 0 saturated carbocycles. The van der Waals surface area contributed by atoms with E-state index in [1.807, 2.05) is 36.5 Å². The number of nitrogens with zero attached hydrogens (tertiary/aromatic N) is 3. The number of aryl methyl sites for hydroxylation is 1. The quantitative estimate of drug-likeness (QED) is 0.341. The Morgan fingerprint density at radius 3 is 2.74 bits per heavy atom. The maximum Gasteiger partial charge on any atom is 0.134 e. The van der Waals surface area contributed by atoms with E-state index in [9.17, 15) is 5.26 Å². The van der Waals surface area contributed by atoms with E-state index >= 15 is 0 Å². The Morgan fingerprint density at radius 2 is 1.87 bits per heavy atom. The number of thiophene rings is 1. The van der Waals surface area contributed by atoms with Crippen molar-refractivity contribution in [2.45, 2.75) is 32.2 Å². The third-order valence-electron chi connectivity index (χ3n) is 5.75. The number of hydrogen-bond donors (Lipinski definition) is 0. The predicted octanol–water partition coefficient (Wildman–Crippen LogP) is 6.28. The van der Waals surface area contributed by atoms with Crippen LogP contribution in [0.15, 0.2) is 65.8 Å². The Morgan fingerprint density at radius 1 is 1.06 bits per heavy atom. The van der Waals surface area contributed by atoms with Crippen molar-refractivity contribution in [3.05, 3.63) is 82.4 Å². The van der Waals surface area contributed by atoms with Crippen molar-refractivity contribution in [2.75, 3.05) is 6.61 Å². The van der Waals surface area contributed by atoms with Crippen LogP contribution in [0.5, 0.6) is 5.75 Å². The van der Waals surface area contributed by atoms with Gasteiger partial charge < -0.3 is 9.30 Å². The summed E-state index contributed by atoms with van der Waals surface area (Å²) in [5.41, 5.74) is 4.22. The largest absolute Gasteiger partial charge is 0.492 e. The molecule has 1 aliphatic carbocycles. The van der Waals surface area contributed by atoms with Crippen molar-refractivity contribution >= 4 is 33.5 Å². The van der Waals surface area contributed by atoms with Crippen molar-refractivity contribution < 1.29 is 4.74 Å². The number of ether oxygens (including phenoxy) is 1. The standard InChI is InChI=1S/C26H23N3OS/c27-16-23-22-11-5-7-13-25(22)31-26(23)28-17-19-18-29(24-12-6-4-10-21(19)24)14-15-30-20-8-2-1-3-9-20/h1-4,6,8-10,12,17-18H,5,7,11,13-15H2. The fourth-order valence-electron chi connectivity index (χ4n) is 4.23. The van der Waals surface area contributed by atoms with Crippen LogP contribution < -0.4 is 4.74 Å². The molecule has 2 aromatic carbocycles. The highest BCUT2D eigenvalue weighted by molar-refractivity contribution is 7.16. The highest BCUT2D eigenvalue weighted by Gasteiger charge is 2.20. The van der Waals surface area contributed by atoms with Crippen LogP contribution >= 0.6 is 11.3 Å². The summed E-state index contributed by atoms with van der Waals surface area (Å²) in [5.74, 6) is 0.881. The highest BCUT2D eigenvalue weighted by Crippen LogP contribution is 2.39. The Kier molecular flexibility index (Phi) is 5.56. The molecule has 0 bridgehead atoms. The second-order valence-corrected chi connectivity index (χ2v) is 8.80. The van der Waals surface area contributed by atoms with Crippen LogP contribution in [-0.2, 0) is 19.4 Å². The van der Waals surface area contributed by atoms with E-state index in [1.165, 1.54) is 23.3 Å². The van der Waals surface area contributed by atoms with Crippen LogP contribution in [0.2, 0.25) is 0 Å². The Balaban J connectivity index is 1.41. The summed E-state index contributed by atoms with van der Waals surface area (Å²) in [7, 11) is 0. The van der Waals surface area contributed by atoms with Crippen molar-refractivity contribution in [3.63, 3.8) is 0 Å². The summed E-state index contributed by atoms with van der Waals surface area (Å²) in [6.07, 6.45) is 8.49. The van der Waals surface area contributed by atoms with Gasteiger partial charge in [-0.15, -0.1) is 11.3 Å². The zero-order chi connectivity index (χ0) is 21.0. The first-order valence-corrected chi connectivity index (χ1v) is 11.5. The van der Waals surface area contributed by atoms with Crippen molar-refractivity contribution in [1.29, 1.82) is 5.26 Å². The average Bonchev–Trinajstić information content (AvgIpc) is 3.36. The Bertz CT molecular complexity index is 1280. The molecule has 0 radical (unpaired) electrons. The average molecular weight is 426 g/mol. The van der Waals surface area contributed by atoms with Crippen LogP contribution in [0, 0.1) is 11.3 Å². The van der Waals surface area contributed by atoms with Gasteiger partial charge in [0.1, 0.15) is 23.4 Å². The molecule has 31 heavy (non-hydrogen) atoms. The zero-order valence-corrected chi connectivity index (χ0v) is 18.1. The molecule has 2 heterocycles. The Labute approximate surface area is 186 Å². The van der Waals surface area contributed by atoms with E-state index in [4.69, 9.17) is 9.73 Å². The van der Waals surface area contributed by atoms with Gasteiger partial charge in [-0.1, -0.05) is 36.4 Å². The van der Waals surface area contributed by atoms with E-state index in [2.05, 4.69) is 41.1 Å². The molecule has 0 unspecified atom stereocenters. The number of benzene rings is 2. The summed E-state index contributed by atoms with van der Waals surface area (Å²) < 4.78 is 8.10. The molecule has 0 amide bonds. The topological polar surface area (TPSA) is 50.3 Å². The fourth-order valence-corrected chi connectivity index (χ4v) is 5.41. The summed E-state index contributed by atoms with van der Waals surface area (Å²) in [6, 6.07) is 20.6. The highest BCUT2D eigenvalue weighted by atomic mass is 32.1. The molecule has 2 aromatic heterocycles. The number of rotatable bonds is 6. The first kappa shape index (κ1) is 19.6. The lowest BCUT2D eigenvalue weighted by Gasteiger charge is -2.09. The summed E-state index contributed by atoms with van der Waals surface area (Å²) in [6.45, 7) is 1.34. The van der Waals surface area contributed by atoms with Gasteiger partial charge in [0.05, 0.1) is 12.1 Å². The van der Waals surface area contributed by atoms with E-state index in [0.29, 0.717) is 6.61 Å². The van der Waals surface area contributed by atoms with Crippen LogP contribution in [0.1, 0.15) is 34.4 Å². The molecule has 154 valence electrons. The van der Waals surface area contributed by atoms with Gasteiger partial charge in [0.25, 0.3) is 0 Å². The van der Waals surface area contributed by atoms with Crippen LogP contribution in [-0.4, -0.2) is 17.4 Å². The van der Waals surface area contributed by atoms with Gasteiger partial charge in [-0.3, -0.25) is 0 Å². The van der Waals surface area contributed by atoms with Gasteiger partial charge >= 0.3 is 0 Å². The normalized spacial score (nSPS) is 13.4. The lowest BCUT2D eigenvalue weighted by molar-refractivity contribution is 0.300. The minimum Gasteiger partial charge on any atom is -0.492 e. The minimum absolute atomic E-state index is 0.593. The number of hydrogen-bond acceptors (Lipinski definition) is 4. The number of aromatic nitrogens is 1. The zero-order valence-electron chi connectivity index (χ0n) is 17.3. The molecule has 5 rings (SSSR count). The molecular formula is C26H23N3OS. The van der Waals surface area contributed by atoms with Crippen molar-refractivity contribution in [1.82, 2.24) is 4.57 Å². The SMILES string of the molecule is N#Cc1c(N=Cc2cn(CCOc3ccccc3)c3ccccc23)sc2c1CCCC2. The number of aliphatic imine (C=N–C) groups is 1. The summed E-state index contributed by atoms with van der Waals surface area (Å²) in [5, 5.41) is 11.7. The van der Waals surface area contributed by atoms with Gasteiger partial charge in [-0.2, -0.15) is 5.26 Å². The number of fused-ring (bicyclic) bond motifs is 2. The summed E-state index contributed by atoms with van der Waals surface area (Å²) in [4.78, 5) is 6.11. The smallest absolute Gasteiger partial charge is 0.134 e. The molecule has 0 fully saturated rings. The third-order valence-corrected chi connectivity index (χ3v) is 6.95. The first-order valence-electron chi connectivity index (χ1n) is 10.7. The third kappa shape index (κ3) is 3.99. The molecule has 0 N–H and O–H groups in total. The molecule has 4 aromatic rings. The monoisotopic (exact) mass is 425 g/mol. The van der Waals surface area contributed by atoms with Gasteiger partial charge in [-0.05, 0) is 49.4 Å². The molecule has 0 atom stereocenters. The maximum atomic E-state index is 9.69. The lowest BCUT2D eigenvalue weighted by atomic mass is 9.96. The molecule has 4 nitrogen and oxygen atoms in total.